The molecule has 28 heavy (non-hydrogen) atoms. The molecule has 0 aromatic rings. The first-order valence-corrected chi connectivity index (χ1v) is 10.6. The molecular weight excluding hydrogens is 350 g/mol. The standard InChI is InChI=1S/C24H39NO3/c1-5-7-8-9-10-11-12-13-14-15-16-17-18-19-20-22(6-2)23(26)25-28-24(27)21(3)4/h7-8,10-11,13-14,22H,3,5-6,9,12,15-20H2,1-2,4H3,(H,25,26)/b8-7-,11-10-,14-13-. The smallest absolute Gasteiger partial charge is 0.336 e. The van der Waals surface area contributed by atoms with Crippen LogP contribution in [-0.4, -0.2) is 11.9 Å². The average molecular weight is 390 g/mol. The van der Waals surface area contributed by atoms with Gasteiger partial charge >= 0.3 is 5.97 Å². The molecule has 0 aliphatic rings. The highest BCUT2D eigenvalue weighted by atomic mass is 16.7. The Hall–Kier alpha value is -2.10. The molecule has 4 heteroatoms. The van der Waals surface area contributed by atoms with Gasteiger partial charge in [0.05, 0.1) is 0 Å². The van der Waals surface area contributed by atoms with Crippen LogP contribution < -0.4 is 5.48 Å². The van der Waals surface area contributed by atoms with E-state index in [4.69, 9.17) is 4.84 Å². The number of allylic oxidation sites excluding steroid dienone is 6. The van der Waals surface area contributed by atoms with Crippen LogP contribution in [0.1, 0.15) is 85.0 Å². The fourth-order valence-electron chi connectivity index (χ4n) is 2.62. The van der Waals surface area contributed by atoms with Gasteiger partial charge in [-0.05, 0) is 51.9 Å². The molecule has 1 unspecified atom stereocenters. The predicted molar refractivity (Wildman–Crippen MR) is 117 cm³/mol. The third kappa shape index (κ3) is 15.0. The summed E-state index contributed by atoms with van der Waals surface area (Å²) >= 11 is 0. The normalized spacial score (nSPS) is 12.7. The van der Waals surface area contributed by atoms with E-state index in [9.17, 15) is 9.59 Å². The molecule has 0 aromatic carbocycles. The Morgan fingerprint density at radius 1 is 0.929 bits per heavy atom. The minimum Gasteiger partial charge on any atom is -0.336 e. The van der Waals surface area contributed by atoms with Gasteiger partial charge in [0.25, 0.3) is 5.91 Å². The third-order valence-corrected chi connectivity index (χ3v) is 4.41. The van der Waals surface area contributed by atoms with Crippen LogP contribution in [0.3, 0.4) is 0 Å². The van der Waals surface area contributed by atoms with E-state index in [0.717, 1.165) is 51.4 Å². The minimum absolute atomic E-state index is 0.114. The highest BCUT2D eigenvalue weighted by molar-refractivity contribution is 5.88. The van der Waals surface area contributed by atoms with Crippen molar-refractivity contribution >= 4 is 11.9 Å². The zero-order chi connectivity index (χ0) is 21.0. The molecule has 0 heterocycles. The Morgan fingerprint density at radius 2 is 1.54 bits per heavy atom. The lowest BCUT2D eigenvalue weighted by Gasteiger charge is -2.14. The first-order chi connectivity index (χ1) is 13.5. The Kier molecular flexibility index (Phi) is 16.9. The van der Waals surface area contributed by atoms with Crippen molar-refractivity contribution in [2.45, 2.75) is 85.0 Å². The quantitative estimate of drug-likeness (QED) is 0.153. The molecule has 1 atom stereocenters. The molecule has 0 saturated heterocycles. The van der Waals surface area contributed by atoms with Gasteiger partial charge < -0.3 is 4.84 Å². The van der Waals surface area contributed by atoms with E-state index in [0.29, 0.717) is 0 Å². The molecule has 0 bridgehead atoms. The molecule has 1 amide bonds. The summed E-state index contributed by atoms with van der Waals surface area (Å²) in [6.07, 6.45) is 23.6. The van der Waals surface area contributed by atoms with E-state index < -0.39 is 5.97 Å². The van der Waals surface area contributed by atoms with Crippen molar-refractivity contribution in [1.29, 1.82) is 0 Å². The zero-order valence-corrected chi connectivity index (χ0v) is 18.0. The number of hydrogen-bond donors (Lipinski definition) is 1. The van der Waals surface area contributed by atoms with Crippen LogP contribution >= 0.6 is 0 Å². The van der Waals surface area contributed by atoms with Gasteiger partial charge in [-0.2, -0.15) is 5.48 Å². The van der Waals surface area contributed by atoms with Crippen molar-refractivity contribution in [2.75, 3.05) is 0 Å². The summed E-state index contributed by atoms with van der Waals surface area (Å²) < 4.78 is 0. The largest absolute Gasteiger partial charge is 0.358 e. The molecule has 0 rings (SSSR count). The molecule has 0 aliphatic carbocycles. The van der Waals surface area contributed by atoms with Crippen molar-refractivity contribution in [3.05, 3.63) is 48.6 Å². The molecule has 4 nitrogen and oxygen atoms in total. The van der Waals surface area contributed by atoms with Crippen LogP contribution in [0.15, 0.2) is 48.6 Å². The van der Waals surface area contributed by atoms with Crippen LogP contribution in [0.25, 0.3) is 0 Å². The van der Waals surface area contributed by atoms with E-state index in [1.807, 2.05) is 6.92 Å². The van der Waals surface area contributed by atoms with Crippen LogP contribution in [0.4, 0.5) is 0 Å². The maximum atomic E-state index is 12.0. The fourth-order valence-corrected chi connectivity index (χ4v) is 2.62. The molecule has 0 fully saturated rings. The number of hydrogen-bond acceptors (Lipinski definition) is 3. The Balaban J connectivity index is 3.72. The maximum absolute atomic E-state index is 12.0. The second-order valence-corrected chi connectivity index (χ2v) is 7.03. The summed E-state index contributed by atoms with van der Waals surface area (Å²) in [5.74, 6) is -0.935. The van der Waals surface area contributed by atoms with Gasteiger partial charge in [0, 0.05) is 11.5 Å². The summed E-state index contributed by atoms with van der Waals surface area (Å²) in [5.41, 5.74) is 2.51. The lowest BCUT2D eigenvalue weighted by atomic mass is 9.97. The second-order valence-electron chi connectivity index (χ2n) is 7.03. The number of nitrogens with one attached hydrogen (secondary N) is 1. The molecule has 0 spiro atoms. The lowest BCUT2D eigenvalue weighted by Crippen LogP contribution is -2.32. The van der Waals surface area contributed by atoms with Crippen molar-refractivity contribution in [2.24, 2.45) is 5.92 Å². The summed E-state index contributed by atoms with van der Waals surface area (Å²) in [4.78, 5) is 28.1. The van der Waals surface area contributed by atoms with E-state index in [-0.39, 0.29) is 17.4 Å². The zero-order valence-electron chi connectivity index (χ0n) is 18.0. The monoisotopic (exact) mass is 389 g/mol. The van der Waals surface area contributed by atoms with E-state index in [1.165, 1.54) is 12.8 Å². The van der Waals surface area contributed by atoms with Gasteiger partial charge in [0.15, 0.2) is 0 Å². The minimum atomic E-state index is -0.597. The number of carbonyl (C=O) groups is 2. The summed E-state index contributed by atoms with van der Waals surface area (Å²) in [6, 6.07) is 0. The average Bonchev–Trinajstić information content (AvgIpc) is 2.68. The Morgan fingerprint density at radius 3 is 2.14 bits per heavy atom. The lowest BCUT2D eigenvalue weighted by molar-refractivity contribution is -0.156. The van der Waals surface area contributed by atoms with Crippen LogP contribution in [0.5, 0.6) is 0 Å². The van der Waals surface area contributed by atoms with E-state index in [2.05, 4.69) is 55.4 Å². The SMILES string of the molecule is C=C(C)C(=O)ONC(=O)C(CC)CCCCCC/C=C\C/C=C\C/C=C\CC. The molecule has 158 valence electrons. The topological polar surface area (TPSA) is 55.4 Å². The number of amides is 1. The van der Waals surface area contributed by atoms with Gasteiger partial charge in [-0.1, -0.05) is 76.1 Å². The molecule has 0 aliphatic heterocycles. The van der Waals surface area contributed by atoms with Gasteiger partial charge in [0.2, 0.25) is 0 Å². The highest BCUT2D eigenvalue weighted by Gasteiger charge is 2.17. The van der Waals surface area contributed by atoms with Crippen LogP contribution in [-0.2, 0) is 14.4 Å². The van der Waals surface area contributed by atoms with E-state index >= 15 is 0 Å². The second kappa shape index (κ2) is 18.3. The number of carbonyl (C=O) groups excluding carboxylic acids is 2. The molecule has 0 aromatic heterocycles. The van der Waals surface area contributed by atoms with Gasteiger partial charge in [-0.15, -0.1) is 0 Å². The molecular formula is C24H39NO3. The highest BCUT2D eigenvalue weighted by Crippen LogP contribution is 2.15. The van der Waals surface area contributed by atoms with Gasteiger partial charge in [0.1, 0.15) is 0 Å². The van der Waals surface area contributed by atoms with Crippen molar-refractivity contribution in [3.8, 4) is 0 Å². The summed E-state index contributed by atoms with van der Waals surface area (Å²) in [6.45, 7) is 9.15. The Bertz CT molecular complexity index is 532. The van der Waals surface area contributed by atoms with Gasteiger partial charge in [-0.3, -0.25) is 4.79 Å². The Labute approximate surface area is 171 Å². The van der Waals surface area contributed by atoms with Gasteiger partial charge in [-0.25, -0.2) is 4.79 Å². The van der Waals surface area contributed by atoms with Crippen LogP contribution in [0, 0.1) is 5.92 Å². The number of hydroxylamine groups is 1. The number of unbranched alkanes of at least 4 members (excludes halogenated alkanes) is 4. The predicted octanol–water partition coefficient (Wildman–Crippen LogP) is 6.36. The van der Waals surface area contributed by atoms with Crippen LogP contribution in [0.2, 0.25) is 0 Å². The third-order valence-electron chi connectivity index (χ3n) is 4.41. The number of rotatable bonds is 15. The molecule has 0 radical (unpaired) electrons. The van der Waals surface area contributed by atoms with E-state index in [1.54, 1.807) is 6.92 Å². The van der Waals surface area contributed by atoms with Crippen molar-refractivity contribution < 1.29 is 14.4 Å². The summed E-state index contributed by atoms with van der Waals surface area (Å²) in [5, 5.41) is 0. The van der Waals surface area contributed by atoms with Crippen molar-refractivity contribution in [1.82, 2.24) is 5.48 Å². The maximum Gasteiger partial charge on any atom is 0.358 e. The molecule has 0 saturated carbocycles. The first-order valence-electron chi connectivity index (χ1n) is 10.6. The van der Waals surface area contributed by atoms with Crippen molar-refractivity contribution in [3.63, 3.8) is 0 Å². The summed E-state index contributed by atoms with van der Waals surface area (Å²) in [7, 11) is 0. The molecule has 1 N–H and O–H groups in total. The first kappa shape index (κ1) is 25.9. The fraction of sp³-hybridized carbons (Fsp3) is 0.583.